The predicted molar refractivity (Wildman–Crippen MR) is 68.6 cm³/mol. The minimum Gasteiger partial charge on any atom is -0.366 e. The molecule has 0 aromatic rings. The highest BCUT2D eigenvalue weighted by atomic mass is 32.2. The summed E-state index contributed by atoms with van der Waals surface area (Å²) in [5.41, 5.74) is 5.77. The first-order valence-corrected chi connectivity index (χ1v) is 7.15. The molecule has 0 aromatic carbocycles. The highest BCUT2D eigenvalue weighted by Gasteiger charge is 2.14. The van der Waals surface area contributed by atoms with Gasteiger partial charge in [0, 0.05) is 44.7 Å². The van der Waals surface area contributed by atoms with E-state index >= 15 is 0 Å². The molecule has 1 fully saturated rings. The first-order chi connectivity index (χ1) is 7.34. The minimum atomic E-state index is 0.0617. The molecule has 2 aliphatic rings. The lowest BCUT2D eigenvalue weighted by atomic mass is 10.4. The van der Waals surface area contributed by atoms with E-state index in [2.05, 4.69) is 15.5 Å². The Morgan fingerprint density at radius 2 is 2.33 bits per heavy atom. The van der Waals surface area contributed by atoms with E-state index < -0.39 is 0 Å². The molecule has 86 valence electrons. The van der Waals surface area contributed by atoms with Crippen molar-refractivity contribution in [2.45, 2.75) is 5.50 Å². The highest BCUT2D eigenvalue weighted by molar-refractivity contribution is 8.22. The van der Waals surface area contributed by atoms with Crippen molar-refractivity contribution in [3.63, 3.8) is 0 Å². The van der Waals surface area contributed by atoms with Crippen LogP contribution in [0.2, 0.25) is 0 Å². The standard InChI is InChI=1S/C9H18N4S2/c10-9-12-7-8(15-9)14-6-5-13-3-1-11-2-4-13/h7,9,11-12H,1-6,10H2. The number of rotatable bonds is 4. The van der Waals surface area contributed by atoms with Crippen molar-refractivity contribution < 1.29 is 0 Å². The van der Waals surface area contributed by atoms with Crippen LogP contribution in [-0.4, -0.2) is 48.9 Å². The SMILES string of the molecule is NC1NC=C(SCCN2CCNCC2)S1. The smallest absolute Gasteiger partial charge is 0.127 e. The first-order valence-electron chi connectivity index (χ1n) is 5.29. The number of hydrogen-bond acceptors (Lipinski definition) is 6. The zero-order chi connectivity index (χ0) is 10.5. The average Bonchev–Trinajstić information content (AvgIpc) is 2.66. The van der Waals surface area contributed by atoms with E-state index in [0.29, 0.717) is 0 Å². The van der Waals surface area contributed by atoms with E-state index in [1.165, 1.54) is 23.9 Å². The molecule has 0 aliphatic carbocycles. The van der Waals surface area contributed by atoms with Crippen LogP contribution in [0.25, 0.3) is 0 Å². The summed E-state index contributed by atoms with van der Waals surface area (Å²) in [6, 6.07) is 0. The summed E-state index contributed by atoms with van der Waals surface area (Å²) in [5, 5.41) is 6.45. The van der Waals surface area contributed by atoms with Crippen LogP contribution in [0.15, 0.2) is 10.4 Å². The number of piperazine rings is 1. The van der Waals surface area contributed by atoms with E-state index in [0.717, 1.165) is 18.8 Å². The third-order valence-corrected chi connectivity index (χ3v) is 4.64. The van der Waals surface area contributed by atoms with Gasteiger partial charge in [0.25, 0.3) is 0 Å². The Morgan fingerprint density at radius 1 is 1.53 bits per heavy atom. The molecule has 2 aliphatic heterocycles. The van der Waals surface area contributed by atoms with Gasteiger partial charge < -0.3 is 16.4 Å². The molecule has 6 heteroatoms. The Labute approximate surface area is 99.4 Å². The molecular weight excluding hydrogens is 228 g/mol. The Hall–Kier alpha value is 0.120. The van der Waals surface area contributed by atoms with Crippen molar-refractivity contribution in [2.75, 3.05) is 38.5 Å². The molecule has 0 saturated carbocycles. The fourth-order valence-corrected chi connectivity index (χ4v) is 3.69. The molecule has 1 atom stereocenters. The highest BCUT2D eigenvalue weighted by Crippen LogP contribution is 2.32. The van der Waals surface area contributed by atoms with Gasteiger partial charge in [-0.3, -0.25) is 4.90 Å². The lowest BCUT2D eigenvalue weighted by Gasteiger charge is -2.26. The lowest BCUT2D eigenvalue weighted by molar-refractivity contribution is 0.255. The van der Waals surface area contributed by atoms with E-state index in [9.17, 15) is 0 Å². The summed E-state index contributed by atoms with van der Waals surface area (Å²) in [6.07, 6.45) is 2.03. The maximum atomic E-state index is 5.71. The number of hydrogen-bond donors (Lipinski definition) is 3. The molecule has 15 heavy (non-hydrogen) atoms. The molecular formula is C9H18N4S2. The van der Waals surface area contributed by atoms with E-state index in [1.54, 1.807) is 11.8 Å². The average molecular weight is 246 g/mol. The molecule has 0 amide bonds. The van der Waals surface area contributed by atoms with Crippen LogP contribution < -0.4 is 16.4 Å². The number of thioether (sulfide) groups is 2. The van der Waals surface area contributed by atoms with Crippen LogP contribution in [0, 0.1) is 0 Å². The molecule has 4 N–H and O–H groups in total. The van der Waals surface area contributed by atoms with Gasteiger partial charge in [-0.25, -0.2) is 0 Å². The number of nitrogens with zero attached hydrogens (tertiary/aromatic N) is 1. The van der Waals surface area contributed by atoms with Crippen molar-refractivity contribution in [1.82, 2.24) is 15.5 Å². The second kappa shape index (κ2) is 6.00. The third-order valence-electron chi connectivity index (χ3n) is 2.47. The molecule has 1 saturated heterocycles. The topological polar surface area (TPSA) is 53.3 Å². The van der Waals surface area contributed by atoms with Crippen LogP contribution in [-0.2, 0) is 0 Å². The molecule has 0 bridgehead atoms. The summed E-state index contributed by atoms with van der Waals surface area (Å²) >= 11 is 3.61. The van der Waals surface area contributed by atoms with Crippen LogP contribution in [0.1, 0.15) is 0 Å². The summed E-state index contributed by atoms with van der Waals surface area (Å²) in [6.45, 7) is 5.82. The zero-order valence-electron chi connectivity index (χ0n) is 8.74. The molecule has 0 aromatic heterocycles. The van der Waals surface area contributed by atoms with Crippen LogP contribution in [0.4, 0.5) is 0 Å². The zero-order valence-corrected chi connectivity index (χ0v) is 10.4. The minimum absolute atomic E-state index is 0.0617. The van der Waals surface area contributed by atoms with Gasteiger partial charge in [0.15, 0.2) is 0 Å². The van der Waals surface area contributed by atoms with Crippen molar-refractivity contribution in [3.8, 4) is 0 Å². The van der Waals surface area contributed by atoms with Gasteiger partial charge in [0.05, 0.1) is 4.24 Å². The Morgan fingerprint density at radius 3 is 3.00 bits per heavy atom. The van der Waals surface area contributed by atoms with Crippen molar-refractivity contribution in [2.24, 2.45) is 5.73 Å². The molecule has 0 radical (unpaired) electrons. The van der Waals surface area contributed by atoms with Gasteiger partial charge in [0.2, 0.25) is 0 Å². The summed E-state index contributed by atoms with van der Waals surface area (Å²) in [7, 11) is 0. The second-order valence-electron chi connectivity index (χ2n) is 3.61. The van der Waals surface area contributed by atoms with Gasteiger partial charge in [-0.15, -0.1) is 11.8 Å². The van der Waals surface area contributed by atoms with E-state index in [-0.39, 0.29) is 5.50 Å². The van der Waals surface area contributed by atoms with Crippen LogP contribution in [0.5, 0.6) is 0 Å². The fraction of sp³-hybridized carbons (Fsp3) is 0.778. The quantitative estimate of drug-likeness (QED) is 0.649. The van der Waals surface area contributed by atoms with Crippen molar-refractivity contribution >= 4 is 23.5 Å². The van der Waals surface area contributed by atoms with E-state index in [4.69, 9.17) is 5.73 Å². The summed E-state index contributed by atoms with van der Waals surface area (Å²) in [4.78, 5) is 2.51. The largest absolute Gasteiger partial charge is 0.366 e. The Bertz CT molecular complexity index is 228. The second-order valence-corrected chi connectivity index (χ2v) is 6.19. The Balaban J connectivity index is 1.58. The van der Waals surface area contributed by atoms with Gasteiger partial charge in [-0.2, -0.15) is 0 Å². The molecule has 2 heterocycles. The van der Waals surface area contributed by atoms with Crippen LogP contribution >= 0.6 is 23.5 Å². The summed E-state index contributed by atoms with van der Waals surface area (Å²) < 4.78 is 1.32. The van der Waals surface area contributed by atoms with Gasteiger partial charge >= 0.3 is 0 Å². The maximum Gasteiger partial charge on any atom is 0.127 e. The predicted octanol–water partition coefficient (Wildman–Crippen LogP) is 0.00240. The number of nitrogens with one attached hydrogen (secondary N) is 2. The molecule has 2 rings (SSSR count). The van der Waals surface area contributed by atoms with Crippen molar-refractivity contribution in [3.05, 3.63) is 10.4 Å². The third kappa shape index (κ3) is 3.88. The number of nitrogens with two attached hydrogens (primary N) is 1. The van der Waals surface area contributed by atoms with Gasteiger partial charge in [0.1, 0.15) is 5.50 Å². The fourth-order valence-electron chi connectivity index (χ4n) is 1.63. The Kier molecular flexibility index (Phi) is 4.64. The van der Waals surface area contributed by atoms with Crippen LogP contribution in [0.3, 0.4) is 0 Å². The summed E-state index contributed by atoms with van der Waals surface area (Å²) in [5.74, 6) is 1.16. The van der Waals surface area contributed by atoms with Crippen molar-refractivity contribution in [1.29, 1.82) is 0 Å². The molecule has 0 spiro atoms. The van der Waals surface area contributed by atoms with Gasteiger partial charge in [-0.05, 0) is 0 Å². The monoisotopic (exact) mass is 246 g/mol. The molecule has 1 unspecified atom stereocenters. The first kappa shape index (κ1) is 11.6. The normalized spacial score (nSPS) is 27.5. The van der Waals surface area contributed by atoms with Gasteiger partial charge in [-0.1, -0.05) is 11.8 Å². The lowest BCUT2D eigenvalue weighted by Crippen LogP contribution is -2.44. The maximum absolute atomic E-state index is 5.71. The molecule has 4 nitrogen and oxygen atoms in total. The van der Waals surface area contributed by atoms with E-state index in [1.807, 2.05) is 18.0 Å².